The van der Waals surface area contributed by atoms with Crippen molar-refractivity contribution in [2.24, 2.45) is 5.92 Å². The van der Waals surface area contributed by atoms with Crippen LogP contribution in [-0.4, -0.2) is 34.2 Å². The molecule has 1 amide bonds. The molecular weight excluding hydrogens is 309 g/mol. The highest BCUT2D eigenvalue weighted by Crippen LogP contribution is 2.13. The molecule has 5 nitrogen and oxygen atoms in total. The molecule has 2 aromatic rings. The summed E-state index contributed by atoms with van der Waals surface area (Å²) in [5, 5.41) is 4.12. The van der Waals surface area contributed by atoms with Gasteiger partial charge in [0.05, 0.1) is 0 Å². The summed E-state index contributed by atoms with van der Waals surface area (Å²) in [7, 11) is 1.64. The molecule has 1 heterocycles. The number of rotatable bonds is 5. The molecule has 0 fully saturated rings. The van der Waals surface area contributed by atoms with Crippen molar-refractivity contribution in [1.82, 2.24) is 14.7 Å². The fourth-order valence-electron chi connectivity index (χ4n) is 2.30. The van der Waals surface area contributed by atoms with Crippen molar-refractivity contribution in [1.29, 1.82) is 0 Å². The fourth-order valence-corrected chi connectivity index (χ4v) is 2.30. The highest BCUT2D eigenvalue weighted by atomic mass is 19.1. The number of aryl methyl sites for hydroxylation is 1. The Balaban J connectivity index is 2.42. The topological polar surface area (TPSA) is 55.2 Å². The Morgan fingerprint density at radius 1 is 1.33 bits per heavy atom. The number of hydrogen-bond acceptors (Lipinski definition) is 3. The smallest absolute Gasteiger partial charge is 0.278 e. The highest BCUT2D eigenvalue weighted by Gasteiger charge is 2.20. The first-order valence-corrected chi connectivity index (χ1v) is 7.92. The van der Waals surface area contributed by atoms with E-state index >= 15 is 0 Å². The predicted molar refractivity (Wildman–Crippen MR) is 90.9 cm³/mol. The first-order chi connectivity index (χ1) is 11.3. The molecule has 24 heavy (non-hydrogen) atoms. The number of carbonyl (C=O) groups excluding carboxylic acids is 1. The highest BCUT2D eigenvalue weighted by molar-refractivity contribution is 5.91. The third kappa shape index (κ3) is 3.88. The van der Waals surface area contributed by atoms with Gasteiger partial charge < -0.3 is 4.90 Å². The van der Waals surface area contributed by atoms with Gasteiger partial charge in [-0.2, -0.15) is 5.10 Å². The standard InChI is InChI=1S/C18H22FN3O2/c1-12(2)9-10-21(4)18(24)17-16(23)11-13(3)22(20-17)15-8-6-5-7-14(15)19/h5-8,11-12H,9-10H2,1-4H3. The molecule has 0 unspecified atom stereocenters. The Hall–Kier alpha value is -2.50. The molecule has 0 spiro atoms. The molecule has 0 aliphatic heterocycles. The van der Waals surface area contributed by atoms with Crippen LogP contribution in [0.3, 0.4) is 0 Å². The Bertz CT molecular complexity index is 799. The average Bonchev–Trinajstić information content (AvgIpc) is 2.53. The summed E-state index contributed by atoms with van der Waals surface area (Å²) in [6.07, 6.45) is 0.829. The monoisotopic (exact) mass is 331 g/mol. The van der Waals surface area contributed by atoms with E-state index in [1.54, 1.807) is 32.2 Å². The second kappa shape index (κ2) is 7.38. The van der Waals surface area contributed by atoms with Gasteiger partial charge in [0.15, 0.2) is 5.69 Å². The first kappa shape index (κ1) is 17.8. The van der Waals surface area contributed by atoms with Gasteiger partial charge in [0.1, 0.15) is 11.5 Å². The number of hydrogen-bond donors (Lipinski definition) is 0. The molecule has 0 atom stereocenters. The summed E-state index contributed by atoms with van der Waals surface area (Å²) >= 11 is 0. The molecule has 0 bridgehead atoms. The zero-order valence-corrected chi connectivity index (χ0v) is 14.4. The summed E-state index contributed by atoms with van der Waals surface area (Å²) in [6, 6.07) is 7.42. The minimum atomic E-state index is -0.469. The minimum absolute atomic E-state index is 0.199. The van der Waals surface area contributed by atoms with Crippen LogP contribution in [0.5, 0.6) is 0 Å². The lowest BCUT2D eigenvalue weighted by Crippen LogP contribution is -2.34. The number of aromatic nitrogens is 2. The Morgan fingerprint density at radius 2 is 2.00 bits per heavy atom. The third-order valence-electron chi connectivity index (χ3n) is 3.78. The lowest BCUT2D eigenvalue weighted by Gasteiger charge is -2.18. The van der Waals surface area contributed by atoms with Gasteiger partial charge >= 0.3 is 0 Å². The number of para-hydroxylation sites is 1. The number of halogens is 1. The molecule has 0 radical (unpaired) electrons. The maximum Gasteiger partial charge on any atom is 0.278 e. The second-order valence-electron chi connectivity index (χ2n) is 6.27. The normalized spacial score (nSPS) is 10.9. The van der Waals surface area contributed by atoms with E-state index in [2.05, 4.69) is 18.9 Å². The van der Waals surface area contributed by atoms with Crippen molar-refractivity contribution >= 4 is 5.91 Å². The van der Waals surface area contributed by atoms with E-state index in [0.717, 1.165) is 6.42 Å². The molecular formula is C18H22FN3O2. The number of carbonyl (C=O) groups is 1. The molecule has 0 saturated carbocycles. The molecule has 0 aliphatic rings. The fraction of sp³-hybridized carbons (Fsp3) is 0.389. The van der Waals surface area contributed by atoms with Gasteiger partial charge in [-0.15, -0.1) is 0 Å². The van der Waals surface area contributed by atoms with Gasteiger partial charge in [0.25, 0.3) is 5.91 Å². The second-order valence-corrected chi connectivity index (χ2v) is 6.27. The molecule has 1 aromatic heterocycles. The zero-order valence-electron chi connectivity index (χ0n) is 14.4. The van der Waals surface area contributed by atoms with E-state index in [1.165, 1.54) is 21.7 Å². The van der Waals surface area contributed by atoms with Gasteiger partial charge in [-0.3, -0.25) is 9.59 Å². The number of benzene rings is 1. The Morgan fingerprint density at radius 3 is 2.62 bits per heavy atom. The van der Waals surface area contributed by atoms with Gasteiger partial charge in [-0.25, -0.2) is 9.07 Å². The van der Waals surface area contributed by atoms with Gasteiger partial charge in [0.2, 0.25) is 5.43 Å². The molecule has 0 aliphatic carbocycles. The van der Waals surface area contributed by atoms with Gasteiger partial charge in [0, 0.05) is 25.4 Å². The average molecular weight is 331 g/mol. The largest absolute Gasteiger partial charge is 0.340 e. The van der Waals surface area contributed by atoms with Crippen LogP contribution in [0.1, 0.15) is 36.5 Å². The lowest BCUT2D eigenvalue weighted by molar-refractivity contribution is 0.0780. The van der Waals surface area contributed by atoms with Crippen molar-refractivity contribution in [2.75, 3.05) is 13.6 Å². The molecule has 0 saturated heterocycles. The van der Waals surface area contributed by atoms with Crippen molar-refractivity contribution in [3.8, 4) is 5.69 Å². The van der Waals surface area contributed by atoms with E-state index < -0.39 is 17.2 Å². The van der Waals surface area contributed by atoms with E-state index in [1.807, 2.05) is 0 Å². The van der Waals surface area contributed by atoms with Crippen molar-refractivity contribution in [2.45, 2.75) is 27.2 Å². The van der Waals surface area contributed by atoms with Gasteiger partial charge in [-0.1, -0.05) is 26.0 Å². The quantitative estimate of drug-likeness (QED) is 0.846. The molecule has 6 heteroatoms. The summed E-state index contributed by atoms with van der Waals surface area (Å²) < 4.78 is 15.3. The van der Waals surface area contributed by atoms with Gasteiger partial charge in [-0.05, 0) is 31.4 Å². The van der Waals surface area contributed by atoms with Crippen LogP contribution in [0.25, 0.3) is 5.69 Å². The maximum atomic E-state index is 14.0. The third-order valence-corrected chi connectivity index (χ3v) is 3.78. The number of nitrogens with zero attached hydrogens (tertiary/aromatic N) is 3. The minimum Gasteiger partial charge on any atom is -0.340 e. The summed E-state index contributed by atoms with van der Waals surface area (Å²) in [5.74, 6) is -0.477. The van der Waals surface area contributed by atoms with Crippen LogP contribution >= 0.6 is 0 Å². The van der Waals surface area contributed by atoms with Crippen LogP contribution < -0.4 is 5.43 Å². The lowest BCUT2D eigenvalue weighted by atomic mass is 10.1. The van der Waals surface area contributed by atoms with Crippen LogP contribution in [0.2, 0.25) is 0 Å². The van der Waals surface area contributed by atoms with Crippen LogP contribution in [0, 0.1) is 18.7 Å². The van der Waals surface area contributed by atoms with Crippen molar-refractivity contribution < 1.29 is 9.18 Å². The SMILES string of the molecule is Cc1cc(=O)c(C(=O)N(C)CCC(C)C)nn1-c1ccccc1F. The molecule has 2 rings (SSSR count). The summed E-state index contributed by atoms with van der Waals surface area (Å²) in [6.45, 7) is 6.31. The van der Waals surface area contributed by atoms with E-state index in [0.29, 0.717) is 18.2 Å². The van der Waals surface area contributed by atoms with E-state index in [4.69, 9.17) is 0 Å². The molecule has 0 N–H and O–H groups in total. The molecule has 128 valence electrons. The Kier molecular flexibility index (Phi) is 5.49. The predicted octanol–water partition coefficient (Wildman–Crippen LogP) is 2.80. The maximum absolute atomic E-state index is 14.0. The number of amides is 1. The summed E-state index contributed by atoms with van der Waals surface area (Å²) in [4.78, 5) is 26.2. The van der Waals surface area contributed by atoms with Crippen LogP contribution in [-0.2, 0) is 0 Å². The first-order valence-electron chi connectivity index (χ1n) is 7.92. The zero-order chi connectivity index (χ0) is 17.9. The van der Waals surface area contributed by atoms with Crippen LogP contribution in [0.15, 0.2) is 35.1 Å². The van der Waals surface area contributed by atoms with Crippen molar-refractivity contribution in [3.63, 3.8) is 0 Å². The van der Waals surface area contributed by atoms with E-state index in [9.17, 15) is 14.0 Å². The van der Waals surface area contributed by atoms with Crippen molar-refractivity contribution in [3.05, 3.63) is 57.8 Å². The van der Waals surface area contributed by atoms with Crippen LogP contribution in [0.4, 0.5) is 4.39 Å². The summed E-state index contributed by atoms with van der Waals surface area (Å²) in [5.41, 5.74) is 0.0111. The molecule has 1 aromatic carbocycles. The Labute approximate surface area is 140 Å². The van der Waals surface area contributed by atoms with E-state index in [-0.39, 0.29) is 11.4 Å².